The fraction of sp³-hybridized carbons (Fsp3) is 0.478. The summed E-state index contributed by atoms with van der Waals surface area (Å²) in [5, 5.41) is 8.22. The molecule has 1 aliphatic rings. The molecule has 1 fully saturated rings. The summed E-state index contributed by atoms with van der Waals surface area (Å²) in [5.41, 5.74) is 5.72. The number of hydrogen-bond donors (Lipinski definition) is 1. The third-order valence-corrected chi connectivity index (χ3v) is 6.76. The molecule has 3 aromatic rings. The first-order valence-corrected chi connectivity index (χ1v) is 12.3. The van der Waals surface area contributed by atoms with Crippen LogP contribution in [0.25, 0.3) is 5.78 Å². The van der Waals surface area contributed by atoms with Crippen molar-refractivity contribution in [1.29, 1.82) is 0 Å². The molecule has 0 atom stereocenters. The summed E-state index contributed by atoms with van der Waals surface area (Å²) in [4.78, 5) is 26.7. The Hall–Kier alpha value is -2.65. The van der Waals surface area contributed by atoms with Gasteiger partial charge in [0.2, 0.25) is 11.1 Å². The van der Waals surface area contributed by atoms with E-state index in [-0.39, 0.29) is 12.3 Å². The largest absolute Gasteiger partial charge is 0.369 e. The average Bonchev–Trinajstić information content (AvgIpc) is 3.21. The summed E-state index contributed by atoms with van der Waals surface area (Å²) in [6.45, 7) is 13.5. The number of aromatic nitrogens is 4. The molecule has 1 aromatic carbocycles. The van der Waals surface area contributed by atoms with Crippen LogP contribution in [0.1, 0.15) is 29.4 Å². The van der Waals surface area contributed by atoms with Crippen LogP contribution in [0.4, 0.5) is 11.4 Å². The van der Waals surface area contributed by atoms with E-state index in [4.69, 9.17) is 0 Å². The van der Waals surface area contributed by atoms with Gasteiger partial charge in [-0.05, 0) is 57.3 Å². The molecule has 0 unspecified atom stereocenters. The molecule has 4 rings (SSSR count). The maximum absolute atomic E-state index is 12.9. The number of likely N-dealkylation sites (N-methyl/N-ethyl adjacent to an activating group) is 1. The van der Waals surface area contributed by atoms with Gasteiger partial charge in [0.25, 0.3) is 5.78 Å². The van der Waals surface area contributed by atoms with E-state index in [1.165, 1.54) is 17.4 Å². The van der Waals surface area contributed by atoms with Crippen LogP contribution in [0.15, 0.2) is 23.4 Å². The van der Waals surface area contributed by atoms with Gasteiger partial charge in [-0.15, -0.1) is 5.10 Å². The Kier molecular flexibility index (Phi) is 6.66. The zero-order valence-corrected chi connectivity index (χ0v) is 20.3. The highest BCUT2D eigenvalue weighted by molar-refractivity contribution is 7.98. The minimum absolute atomic E-state index is 0.0602. The van der Waals surface area contributed by atoms with Crippen LogP contribution < -0.4 is 10.2 Å². The Bertz CT molecular complexity index is 1140. The number of fused-ring (bicyclic) bond motifs is 1. The Balaban J connectivity index is 1.46. The molecule has 1 aliphatic heterocycles. The third kappa shape index (κ3) is 4.59. The van der Waals surface area contributed by atoms with E-state index in [9.17, 15) is 4.79 Å². The molecule has 8 nitrogen and oxygen atoms in total. The van der Waals surface area contributed by atoms with Crippen molar-refractivity contribution in [1.82, 2.24) is 24.5 Å². The standard InChI is InChI=1S/C23H31N7OS/c1-6-28-9-11-29(12-10-28)18-7-8-20(15(2)13-18)25-21(31)14-19-16(3)24-22-26-23(32-5)27-30(22)17(19)4/h7-8,13H,6,9-12,14H2,1-5H3,(H,25,31). The van der Waals surface area contributed by atoms with Crippen molar-refractivity contribution in [2.45, 2.75) is 39.3 Å². The van der Waals surface area contributed by atoms with Crippen LogP contribution in [-0.2, 0) is 11.2 Å². The molecule has 0 radical (unpaired) electrons. The van der Waals surface area contributed by atoms with Crippen molar-refractivity contribution in [3.63, 3.8) is 0 Å². The lowest BCUT2D eigenvalue weighted by atomic mass is 10.1. The number of carbonyl (C=O) groups is 1. The van der Waals surface area contributed by atoms with E-state index >= 15 is 0 Å². The molecule has 0 aliphatic carbocycles. The molecule has 0 bridgehead atoms. The summed E-state index contributed by atoms with van der Waals surface area (Å²) in [5.74, 6) is 0.509. The lowest BCUT2D eigenvalue weighted by molar-refractivity contribution is -0.115. The van der Waals surface area contributed by atoms with Crippen LogP contribution in [0.3, 0.4) is 0 Å². The van der Waals surface area contributed by atoms with Crippen molar-refractivity contribution in [3.05, 3.63) is 40.7 Å². The maximum Gasteiger partial charge on any atom is 0.253 e. The zero-order valence-electron chi connectivity index (χ0n) is 19.5. The van der Waals surface area contributed by atoms with Gasteiger partial charge in [0.15, 0.2) is 0 Å². The number of hydrogen-bond acceptors (Lipinski definition) is 7. The Morgan fingerprint density at radius 1 is 1.12 bits per heavy atom. The Morgan fingerprint density at radius 3 is 2.53 bits per heavy atom. The van der Waals surface area contributed by atoms with Gasteiger partial charge in [-0.1, -0.05) is 18.7 Å². The summed E-state index contributed by atoms with van der Waals surface area (Å²) in [7, 11) is 0. The normalized spacial score (nSPS) is 14.8. The number of thioether (sulfide) groups is 1. The third-order valence-electron chi connectivity index (χ3n) is 6.22. The van der Waals surface area contributed by atoms with E-state index in [0.717, 1.165) is 60.9 Å². The summed E-state index contributed by atoms with van der Waals surface area (Å²) in [6, 6.07) is 6.28. The van der Waals surface area contributed by atoms with Gasteiger partial charge in [0, 0.05) is 54.5 Å². The smallest absolute Gasteiger partial charge is 0.253 e. The number of aryl methyl sites for hydroxylation is 3. The van der Waals surface area contributed by atoms with Gasteiger partial charge >= 0.3 is 0 Å². The molecular weight excluding hydrogens is 422 g/mol. The highest BCUT2D eigenvalue weighted by Gasteiger charge is 2.18. The van der Waals surface area contributed by atoms with E-state index in [1.54, 1.807) is 4.52 Å². The molecule has 170 valence electrons. The number of benzene rings is 1. The second-order valence-corrected chi connectivity index (χ2v) is 8.99. The SMILES string of the molecule is CCN1CCN(c2ccc(NC(=O)Cc3c(C)nc4nc(SC)nn4c3C)c(C)c2)CC1. The number of carbonyl (C=O) groups excluding carboxylic acids is 1. The predicted octanol–water partition coefficient (Wildman–Crippen LogP) is 3.09. The minimum atomic E-state index is -0.0602. The number of anilines is 2. The fourth-order valence-electron chi connectivity index (χ4n) is 4.19. The van der Waals surface area contributed by atoms with Crippen LogP contribution >= 0.6 is 11.8 Å². The number of nitrogens with one attached hydrogen (secondary N) is 1. The molecule has 32 heavy (non-hydrogen) atoms. The van der Waals surface area contributed by atoms with Crippen molar-refractivity contribution in [3.8, 4) is 0 Å². The van der Waals surface area contributed by atoms with Crippen molar-refractivity contribution in [2.24, 2.45) is 0 Å². The molecule has 1 saturated heterocycles. The van der Waals surface area contributed by atoms with Gasteiger partial charge < -0.3 is 15.1 Å². The van der Waals surface area contributed by atoms with E-state index in [0.29, 0.717) is 10.9 Å². The molecule has 0 saturated carbocycles. The summed E-state index contributed by atoms with van der Waals surface area (Å²) in [6.07, 6.45) is 2.18. The van der Waals surface area contributed by atoms with Crippen molar-refractivity contribution >= 4 is 34.8 Å². The Morgan fingerprint density at radius 2 is 1.88 bits per heavy atom. The van der Waals surface area contributed by atoms with Gasteiger partial charge in [0.05, 0.1) is 6.42 Å². The van der Waals surface area contributed by atoms with Gasteiger partial charge in [-0.2, -0.15) is 4.98 Å². The Labute approximate surface area is 193 Å². The van der Waals surface area contributed by atoms with Crippen molar-refractivity contribution < 1.29 is 4.79 Å². The number of rotatable bonds is 6. The predicted molar refractivity (Wildman–Crippen MR) is 130 cm³/mol. The van der Waals surface area contributed by atoms with E-state index in [1.807, 2.05) is 33.1 Å². The molecule has 1 N–H and O–H groups in total. The van der Waals surface area contributed by atoms with E-state index in [2.05, 4.69) is 49.2 Å². The number of nitrogens with zero attached hydrogens (tertiary/aromatic N) is 6. The van der Waals surface area contributed by atoms with Crippen LogP contribution in [0.5, 0.6) is 0 Å². The lowest BCUT2D eigenvalue weighted by Crippen LogP contribution is -2.46. The highest BCUT2D eigenvalue weighted by Crippen LogP contribution is 2.24. The molecule has 9 heteroatoms. The van der Waals surface area contributed by atoms with Gasteiger partial charge in [-0.25, -0.2) is 9.50 Å². The average molecular weight is 454 g/mol. The van der Waals surface area contributed by atoms with E-state index < -0.39 is 0 Å². The first-order chi connectivity index (χ1) is 15.4. The van der Waals surface area contributed by atoms with Crippen molar-refractivity contribution in [2.75, 3.05) is 49.2 Å². The fourth-order valence-corrected chi connectivity index (χ4v) is 4.53. The van der Waals surface area contributed by atoms with Crippen LogP contribution in [-0.4, -0.2) is 69.4 Å². The zero-order chi connectivity index (χ0) is 22.8. The minimum Gasteiger partial charge on any atom is -0.369 e. The first-order valence-electron chi connectivity index (χ1n) is 11.0. The first kappa shape index (κ1) is 22.5. The lowest BCUT2D eigenvalue weighted by Gasteiger charge is -2.35. The van der Waals surface area contributed by atoms with Crippen LogP contribution in [0, 0.1) is 20.8 Å². The summed E-state index contributed by atoms with van der Waals surface area (Å²) < 4.78 is 1.72. The quantitative estimate of drug-likeness (QED) is 0.575. The molecule has 1 amide bonds. The number of piperazine rings is 1. The monoisotopic (exact) mass is 453 g/mol. The van der Waals surface area contributed by atoms with Gasteiger partial charge in [0.1, 0.15) is 0 Å². The molecule has 0 spiro atoms. The number of amides is 1. The molecule has 3 heterocycles. The second kappa shape index (κ2) is 9.46. The summed E-state index contributed by atoms with van der Waals surface area (Å²) >= 11 is 1.48. The second-order valence-electron chi connectivity index (χ2n) is 8.22. The highest BCUT2D eigenvalue weighted by atomic mass is 32.2. The van der Waals surface area contributed by atoms with Gasteiger partial charge in [-0.3, -0.25) is 4.79 Å². The molecule has 2 aromatic heterocycles. The van der Waals surface area contributed by atoms with Crippen LogP contribution in [0.2, 0.25) is 0 Å². The molecular formula is C23H31N7OS. The topological polar surface area (TPSA) is 78.7 Å². The maximum atomic E-state index is 12.9.